The molecule has 0 unspecified atom stereocenters. The molecule has 3 heteroatoms. The van der Waals surface area contributed by atoms with Gasteiger partial charge in [-0.3, -0.25) is 0 Å². The number of hydrogen-bond acceptors (Lipinski definition) is 3. The zero-order chi connectivity index (χ0) is 9.47. The lowest BCUT2D eigenvalue weighted by molar-refractivity contribution is -0.0532. The number of rotatable bonds is 2. The molecule has 2 rings (SSSR count). The van der Waals surface area contributed by atoms with Crippen molar-refractivity contribution in [1.29, 1.82) is 0 Å². The Morgan fingerprint density at radius 3 is 2.54 bits per heavy atom. The van der Waals surface area contributed by atoms with E-state index in [9.17, 15) is 0 Å². The zero-order valence-electron chi connectivity index (χ0n) is 8.33. The molecule has 1 aliphatic heterocycles. The van der Waals surface area contributed by atoms with Gasteiger partial charge in [0.2, 0.25) is 0 Å². The number of nitrogens with zero attached hydrogens (tertiary/aromatic N) is 1. The van der Waals surface area contributed by atoms with Gasteiger partial charge in [-0.25, -0.2) is 0 Å². The lowest BCUT2D eigenvalue weighted by atomic mass is 9.84. The Labute approximate surface area is 78.1 Å². The summed E-state index contributed by atoms with van der Waals surface area (Å²) in [7, 11) is 0. The van der Waals surface area contributed by atoms with Crippen molar-refractivity contribution in [3.63, 3.8) is 0 Å². The Hall–Kier alpha value is -0.830. The van der Waals surface area contributed by atoms with Crippen molar-refractivity contribution in [2.24, 2.45) is 0 Å². The van der Waals surface area contributed by atoms with E-state index in [1.807, 2.05) is 6.07 Å². The summed E-state index contributed by atoms with van der Waals surface area (Å²) in [5.41, 5.74) is 1.12. The molecule has 0 radical (unpaired) electrons. The summed E-state index contributed by atoms with van der Waals surface area (Å²) < 4.78 is 10.4. The minimum absolute atomic E-state index is 0.0939. The van der Waals surface area contributed by atoms with Gasteiger partial charge in [-0.1, -0.05) is 19.0 Å². The molecule has 3 nitrogen and oxygen atoms in total. The molecule has 0 aliphatic carbocycles. The van der Waals surface area contributed by atoms with Crippen LogP contribution in [0.5, 0.6) is 0 Å². The third-order valence-electron chi connectivity index (χ3n) is 2.56. The van der Waals surface area contributed by atoms with Crippen LogP contribution in [0.2, 0.25) is 0 Å². The van der Waals surface area contributed by atoms with E-state index >= 15 is 0 Å². The van der Waals surface area contributed by atoms with Crippen LogP contribution in [0.3, 0.4) is 0 Å². The molecule has 0 bridgehead atoms. The topological polar surface area (TPSA) is 35.3 Å². The molecule has 1 aromatic heterocycles. The van der Waals surface area contributed by atoms with Crippen LogP contribution in [0.15, 0.2) is 10.6 Å². The number of aromatic nitrogens is 1. The molecule has 2 heterocycles. The predicted octanol–water partition coefficient (Wildman–Crippen LogP) is 2.09. The van der Waals surface area contributed by atoms with E-state index in [1.54, 1.807) is 0 Å². The summed E-state index contributed by atoms with van der Waals surface area (Å²) in [6.07, 6.45) is 0. The fourth-order valence-electron chi connectivity index (χ4n) is 1.40. The zero-order valence-corrected chi connectivity index (χ0v) is 8.33. The average Bonchev–Trinajstić information content (AvgIpc) is 2.48. The van der Waals surface area contributed by atoms with Gasteiger partial charge in [-0.05, 0) is 6.92 Å². The number of ether oxygens (including phenoxy) is 1. The summed E-state index contributed by atoms with van der Waals surface area (Å²) in [5, 5.41) is 4.08. The lowest BCUT2D eigenvalue weighted by Crippen LogP contribution is -2.44. The largest absolute Gasteiger partial charge is 0.379 e. The van der Waals surface area contributed by atoms with Crippen molar-refractivity contribution in [3.05, 3.63) is 17.5 Å². The van der Waals surface area contributed by atoms with Gasteiger partial charge in [0.05, 0.1) is 24.3 Å². The van der Waals surface area contributed by atoms with E-state index in [-0.39, 0.29) is 5.41 Å². The third kappa shape index (κ3) is 1.37. The maximum atomic E-state index is 5.24. The van der Waals surface area contributed by atoms with Gasteiger partial charge in [0.1, 0.15) is 5.76 Å². The highest BCUT2D eigenvalue weighted by molar-refractivity contribution is 5.20. The molecular formula is C10H15NO2. The minimum Gasteiger partial charge on any atom is -0.379 e. The van der Waals surface area contributed by atoms with Crippen molar-refractivity contribution in [2.45, 2.75) is 32.1 Å². The number of hydrogen-bond donors (Lipinski definition) is 0. The Balaban J connectivity index is 2.22. The van der Waals surface area contributed by atoms with E-state index in [4.69, 9.17) is 9.26 Å². The molecule has 0 aromatic carbocycles. The van der Waals surface area contributed by atoms with Crippen LogP contribution >= 0.6 is 0 Å². The standard InChI is InChI=1S/C10H15NO2/c1-7(2)8-4-9(11-13-8)10(3)5-12-6-10/h4,7H,5-6H2,1-3H3. The molecule has 0 N–H and O–H groups in total. The Bertz CT molecular complexity index is 300. The summed E-state index contributed by atoms with van der Waals surface area (Å²) in [5.74, 6) is 1.37. The Kier molecular flexibility index (Phi) is 1.91. The molecule has 0 spiro atoms. The first kappa shape index (κ1) is 8.75. The third-order valence-corrected chi connectivity index (χ3v) is 2.56. The van der Waals surface area contributed by atoms with E-state index in [1.165, 1.54) is 0 Å². The average molecular weight is 181 g/mol. The monoisotopic (exact) mass is 181 g/mol. The first-order chi connectivity index (χ1) is 6.12. The van der Waals surface area contributed by atoms with Gasteiger partial charge in [0.15, 0.2) is 0 Å². The fraction of sp³-hybridized carbons (Fsp3) is 0.700. The van der Waals surface area contributed by atoms with Crippen molar-refractivity contribution < 1.29 is 9.26 Å². The van der Waals surface area contributed by atoms with Gasteiger partial charge in [0.25, 0.3) is 0 Å². The summed E-state index contributed by atoms with van der Waals surface area (Å²) >= 11 is 0. The lowest BCUT2D eigenvalue weighted by Gasteiger charge is -2.35. The van der Waals surface area contributed by atoms with Gasteiger partial charge < -0.3 is 9.26 Å². The van der Waals surface area contributed by atoms with Gasteiger partial charge >= 0.3 is 0 Å². The minimum atomic E-state index is 0.0939. The van der Waals surface area contributed by atoms with E-state index < -0.39 is 0 Å². The molecular weight excluding hydrogens is 166 g/mol. The van der Waals surface area contributed by atoms with Crippen LogP contribution in [0.25, 0.3) is 0 Å². The van der Waals surface area contributed by atoms with Crippen LogP contribution in [0.1, 0.15) is 38.1 Å². The highest BCUT2D eigenvalue weighted by Gasteiger charge is 2.38. The first-order valence-electron chi connectivity index (χ1n) is 4.67. The second kappa shape index (κ2) is 2.84. The fourth-order valence-corrected chi connectivity index (χ4v) is 1.40. The molecule has 1 fully saturated rings. The predicted molar refractivity (Wildman–Crippen MR) is 48.8 cm³/mol. The summed E-state index contributed by atoms with van der Waals surface area (Å²) in [6, 6.07) is 2.05. The van der Waals surface area contributed by atoms with Crippen LogP contribution < -0.4 is 0 Å². The summed E-state index contributed by atoms with van der Waals surface area (Å²) in [4.78, 5) is 0. The van der Waals surface area contributed by atoms with Gasteiger partial charge in [-0.2, -0.15) is 0 Å². The van der Waals surface area contributed by atoms with E-state index in [0.29, 0.717) is 5.92 Å². The molecule has 1 aromatic rings. The maximum absolute atomic E-state index is 5.24. The second-order valence-corrected chi connectivity index (χ2v) is 4.32. The van der Waals surface area contributed by atoms with Crippen molar-refractivity contribution in [1.82, 2.24) is 5.16 Å². The van der Waals surface area contributed by atoms with E-state index in [2.05, 4.69) is 25.9 Å². The maximum Gasteiger partial charge on any atom is 0.139 e. The highest BCUT2D eigenvalue weighted by Crippen LogP contribution is 2.32. The first-order valence-corrected chi connectivity index (χ1v) is 4.67. The molecule has 1 aliphatic rings. The smallest absolute Gasteiger partial charge is 0.139 e. The molecule has 13 heavy (non-hydrogen) atoms. The van der Waals surface area contributed by atoms with Crippen molar-refractivity contribution in [3.8, 4) is 0 Å². The molecule has 0 atom stereocenters. The van der Waals surface area contributed by atoms with Crippen LogP contribution in [-0.2, 0) is 10.2 Å². The van der Waals surface area contributed by atoms with Gasteiger partial charge in [-0.15, -0.1) is 0 Å². The Morgan fingerprint density at radius 1 is 1.46 bits per heavy atom. The van der Waals surface area contributed by atoms with Gasteiger partial charge in [0, 0.05) is 12.0 Å². The van der Waals surface area contributed by atoms with Crippen molar-refractivity contribution >= 4 is 0 Å². The molecule has 0 amide bonds. The van der Waals surface area contributed by atoms with Crippen LogP contribution in [-0.4, -0.2) is 18.4 Å². The van der Waals surface area contributed by atoms with Crippen molar-refractivity contribution in [2.75, 3.05) is 13.2 Å². The summed E-state index contributed by atoms with van der Waals surface area (Å²) in [6.45, 7) is 7.88. The van der Waals surface area contributed by atoms with Crippen LogP contribution in [0.4, 0.5) is 0 Å². The molecule has 0 saturated carbocycles. The Morgan fingerprint density at radius 2 is 2.15 bits per heavy atom. The quantitative estimate of drug-likeness (QED) is 0.700. The normalized spacial score (nSPS) is 20.3. The second-order valence-electron chi connectivity index (χ2n) is 4.32. The molecule has 72 valence electrons. The van der Waals surface area contributed by atoms with E-state index in [0.717, 1.165) is 24.7 Å². The SMILES string of the molecule is CC(C)c1cc(C2(C)COC2)no1. The molecule has 1 saturated heterocycles. The highest BCUT2D eigenvalue weighted by atomic mass is 16.5. The van der Waals surface area contributed by atoms with Crippen LogP contribution in [0, 0.1) is 0 Å².